The predicted molar refractivity (Wildman–Crippen MR) is 85.6 cm³/mol. The molecule has 0 bridgehead atoms. The van der Waals surface area contributed by atoms with Gasteiger partial charge >= 0.3 is 0 Å². The van der Waals surface area contributed by atoms with E-state index in [9.17, 15) is 4.79 Å². The molecule has 2 N–H and O–H groups in total. The average molecular weight is 290 g/mol. The first-order valence-electron chi connectivity index (χ1n) is 7.74. The minimum Gasteiger partial charge on any atom is -0.495 e. The second-order valence-electron chi connectivity index (χ2n) is 6.24. The van der Waals surface area contributed by atoms with Gasteiger partial charge in [-0.15, -0.1) is 0 Å². The highest BCUT2D eigenvalue weighted by molar-refractivity contribution is 5.93. The fourth-order valence-electron chi connectivity index (χ4n) is 3.29. The van der Waals surface area contributed by atoms with Crippen molar-refractivity contribution in [3.8, 4) is 5.75 Å². The molecule has 1 aromatic rings. The number of methoxy groups -OCH3 is 1. The van der Waals surface area contributed by atoms with Crippen molar-refractivity contribution in [2.24, 2.45) is 11.8 Å². The van der Waals surface area contributed by atoms with E-state index in [-0.39, 0.29) is 5.91 Å². The van der Waals surface area contributed by atoms with Gasteiger partial charge in [0.25, 0.3) is 0 Å². The summed E-state index contributed by atoms with van der Waals surface area (Å²) >= 11 is 0. The number of carbonyl (C=O) groups excluding carboxylic acids is 1. The van der Waals surface area contributed by atoms with E-state index in [1.54, 1.807) is 7.11 Å². The van der Waals surface area contributed by atoms with Crippen molar-refractivity contribution in [3.05, 3.63) is 24.3 Å². The smallest absolute Gasteiger partial charge is 0.238 e. The van der Waals surface area contributed by atoms with Crippen LogP contribution in [-0.4, -0.2) is 25.6 Å². The van der Waals surface area contributed by atoms with Crippen LogP contribution in [0.5, 0.6) is 5.75 Å². The van der Waals surface area contributed by atoms with E-state index in [4.69, 9.17) is 4.74 Å². The lowest BCUT2D eigenvalue weighted by Gasteiger charge is -2.31. The predicted octanol–water partition coefficient (Wildman–Crippen LogP) is 3.05. The molecule has 4 heteroatoms. The summed E-state index contributed by atoms with van der Waals surface area (Å²) in [6.45, 7) is 4.93. The van der Waals surface area contributed by atoms with Crippen LogP contribution in [0.4, 0.5) is 5.69 Å². The summed E-state index contributed by atoms with van der Waals surface area (Å²) in [6, 6.07) is 7.91. The molecule has 1 fully saturated rings. The van der Waals surface area contributed by atoms with Gasteiger partial charge in [0.2, 0.25) is 5.91 Å². The zero-order valence-corrected chi connectivity index (χ0v) is 13.2. The highest BCUT2D eigenvalue weighted by atomic mass is 16.5. The zero-order chi connectivity index (χ0) is 15.2. The molecule has 0 heterocycles. The van der Waals surface area contributed by atoms with Crippen molar-refractivity contribution < 1.29 is 9.53 Å². The highest BCUT2D eigenvalue weighted by Crippen LogP contribution is 2.28. The lowest BCUT2D eigenvalue weighted by Crippen LogP contribution is -2.40. The summed E-state index contributed by atoms with van der Waals surface area (Å²) in [6.07, 6.45) is 3.62. The van der Waals surface area contributed by atoms with E-state index in [0.717, 1.165) is 30.4 Å². The molecule has 1 saturated carbocycles. The lowest BCUT2D eigenvalue weighted by molar-refractivity contribution is -0.115. The first-order chi connectivity index (χ1) is 10.1. The van der Waals surface area contributed by atoms with Gasteiger partial charge in [-0.2, -0.15) is 0 Å². The largest absolute Gasteiger partial charge is 0.495 e. The van der Waals surface area contributed by atoms with Crippen LogP contribution in [0.25, 0.3) is 0 Å². The monoisotopic (exact) mass is 290 g/mol. The van der Waals surface area contributed by atoms with Crippen molar-refractivity contribution in [1.82, 2.24) is 5.32 Å². The van der Waals surface area contributed by atoms with Crippen LogP contribution in [0.1, 0.15) is 33.1 Å². The van der Waals surface area contributed by atoms with E-state index in [1.165, 1.54) is 6.42 Å². The molecule has 0 saturated heterocycles. The summed E-state index contributed by atoms with van der Waals surface area (Å²) in [5, 5.41) is 6.28. The summed E-state index contributed by atoms with van der Waals surface area (Å²) in [4.78, 5) is 12.1. The molecular formula is C17H26N2O2. The van der Waals surface area contributed by atoms with Gasteiger partial charge < -0.3 is 15.4 Å². The molecule has 4 nitrogen and oxygen atoms in total. The number of amides is 1. The fourth-order valence-corrected chi connectivity index (χ4v) is 3.29. The third kappa shape index (κ3) is 4.74. The lowest BCUT2D eigenvalue weighted by atomic mass is 9.80. The molecule has 1 aromatic carbocycles. The topological polar surface area (TPSA) is 50.4 Å². The maximum atomic E-state index is 12.1. The van der Waals surface area contributed by atoms with E-state index in [2.05, 4.69) is 24.5 Å². The zero-order valence-electron chi connectivity index (χ0n) is 13.2. The van der Waals surface area contributed by atoms with Crippen molar-refractivity contribution >= 4 is 11.6 Å². The number of hydrogen-bond acceptors (Lipinski definition) is 3. The van der Waals surface area contributed by atoms with Gasteiger partial charge in [0.05, 0.1) is 19.3 Å². The Bertz CT molecular complexity index is 466. The van der Waals surface area contributed by atoms with Gasteiger partial charge in [-0.25, -0.2) is 0 Å². The maximum absolute atomic E-state index is 12.1. The van der Waals surface area contributed by atoms with Crippen molar-refractivity contribution in [3.63, 3.8) is 0 Å². The van der Waals surface area contributed by atoms with Crippen LogP contribution in [-0.2, 0) is 4.79 Å². The van der Waals surface area contributed by atoms with Crippen LogP contribution in [0.15, 0.2) is 24.3 Å². The molecule has 21 heavy (non-hydrogen) atoms. The van der Waals surface area contributed by atoms with Crippen molar-refractivity contribution in [2.45, 2.75) is 39.2 Å². The number of hydrogen-bond donors (Lipinski definition) is 2. The Balaban J connectivity index is 1.82. The maximum Gasteiger partial charge on any atom is 0.238 e. The number of benzene rings is 1. The Morgan fingerprint density at radius 3 is 2.52 bits per heavy atom. The van der Waals surface area contributed by atoms with E-state index >= 15 is 0 Å². The highest BCUT2D eigenvalue weighted by Gasteiger charge is 2.23. The molecule has 0 aliphatic heterocycles. The summed E-state index contributed by atoms with van der Waals surface area (Å²) in [7, 11) is 1.61. The van der Waals surface area contributed by atoms with Gasteiger partial charge in [0, 0.05) is 6.04 Å². The number of ether oxygens (including phenoxy) is 1. The van der Waals surface area contributed by atoms with E-state index in [1.807, 2.05) is 24.3 Å². The molecule has 2 rings (SSSR count). The third-order valence-corrected chi connectivity index (χ3v) is 4.11. The van der Waals surface area contributed by atoms with Gasteiger partial charge in [-0.3, -0.25) is 4.79 Å². The fraction of sp³-hybridized carbons (Fsp3) is 0.588. The number of nitrogens with one attached hydrogen (secondary N) is 2. The standard InChI is InChI=1S/C17H26N2O2/c1-12-8-13(2)10-14(9-12)18-11-17(20)19-15-6-4-5-7-16(15)21-3/h4-7,12-14,18H,8-11H2,1-3H3,(H,19,20). The minimum atomic E-state index is -0.0228. The number of anilines is 1. The number of carbonyl (C=O) groups is 1. The van der Waals surface area contributed by atoms with E-state index < -0.39 is 0 Å². The SMILES string of the molecule is COc1ccccc1NC(=O)CNC1CC(C)CC(C)C1. The molecule has 2 atom stereocenters. The number of para-hydroxylation sites is 2. The molecule has 1 amide bonds. The minimum absolute atomic E-state index is 0.0228. The van der Waals surface area contributed by atoms with Crippen LogP contribution < -0.4 is 15.4 Å². The second kappa shape index (κ2) is 7.46. The van der Waals surface area contributed by atoms with E-state index in [0.29, 0.717) is 18.3 Å². The Hall–Kier alpha value is -1.55. The molecule has 0 radical (unpaired) electrons. The van der Waals surface area contributed by atoms with Crippen LogP contribution >= 0.6 is 0 Å². The van der Waals surface area contributed by atoms with Gasteiger partial charge in [0.1, 0.15) is 5.75 Å². The van der Waals surface area contributed by atoms with Crippen molar-refractivity contribution in [1.29, 1.82) is 0 Å². The molecular weight excluding hydrogens is 264 g/mol. The Kier molecular flexibility index (Phi) is 5.62. The third-order valence-electron chi connectivity index (χ3n) is 4.11. The summed E-state index contributed by atoms with van der Waals surface area (Å²) < 4.78 is 5.23. The molecule has 116 valence electrons. The molecule has 1 aliphatic rings. The Morgan fingerprint density at radius 2 is 1.86 bits per heavy atom. The summed E-state index contributed by atoms with van der Waals surface area (Å²) in [5.41, 5.74) is 0.720. The Morgan fingerprint density at radius 1 is 1.19 bits per heavy atom. The summed E-state index contributed by atoms with van der Waals surface area (Å²) in [5.74, 6) is 2.14. The van der Waals surface area contributed by atoms with Crippen LogP contribution in [0.3, 0.4) is 0 Å². The second-order valence-corrected chi connectivity index (χ2v) is 6.24. The van der Waals surface area contributed by atoms with Crippen LogP contribution in [0.2, 0.25) is 0 Å². The van der Waals surface area contributed by atoms with Gasteiger partial charge in [-0.05, 0) is 43.2 Å². The number of rotatable bonds is 5. The molecule has 0 aromatic heterocycles. The quantitative estimate of drug-likeness (QED) is 0.876. The normalized spacial score (nSPS) is 25.4. The Labute approximate surface area is 127 Å². The first kappa shape index (κ1) is 15.8. The van der Waals surface area contributed by atoms with Gasteiger partial charge in [-0.1, -0.05) is 26.0 Å². The van der Waals surface area contributed by atoms with Gasteiger partial charge in [0.15, 0.2) is 0 Å². The molecule has 1 aliphatic carbocycles. The molecule has 2 unspecified atom stereocenters. The average Bonchev–Trinajstić information content (AvgIpc) is 2.45. The molecule has 0 spiro atoms. The first-order valence-corrected chi connectivity index (χ1v) is 7.74. The van der Waals surface area contributed by atoms with Crippen molar-refractivity contribution in [2.75, 3.05) is 19.0 Å². The van der Waals surface area contributed by atoms with Crippen LogP contribution in [0, 0.1) is 11.8 Å².